The van der Waals surface area contributed by atoms with Crippen molar-refractivity contribution in [3.63, 3.8) is 0 Å². The van der Waals surface area contributed by atoms with Crippen LogP contribution in [0.25, 0.3) is 22.0 Å². The quantitative estimate of drug-likeness (QED) is 0.195. The van der Waals surface area contributed by atoms with E-state index in [1.54, 1.807) is 65.5 Å². The Morgan fingerprint density at radius 2 is 1.76 bits per heavy atom. The predicted octanol–water partition coefficient (Wildman–Crippen LogP) is 7.11. The Morgan fingerprint density at radius 3 is 2.45 bits per heavy atom. The Hall–Kier alpha value is -3.76. The second-order valence-electron chi connectivity index (χ2n) is 11.1. The van der Waals surface area contributed by atoms with Crippen LogP contribution in [0, 0.1) is 5.95 Å². The standard InChI is InChI=1S/C32H33F4N5O/c33-31-25-17-22(11-13-27(25)41(39-31)29-10-4-5-16-42-29)30(26(18-32(34,35)36)21-7-2-1-3-8-21)23-12-14-28(38-19-23)40-15-6-9-24(37)20-40/h1-3,7-8,11-14,17,19,24,29H,4-6,9-10,15-16,18,20,37H2/b30-26-/t24-,29?/m0/s1. The fraction of sp³-hybridized carbons (Fsp3) is 0.375. The summed E-state index contributed by atoms with van der Waals surface area (Å²) in [6, 6.07) is 17.2. The van der Waals surface area contributed by atoms with Crippen LogP contribution in [0.2, 0.25) is 0 Å². The highest BCUT2D eigenvalue weighted by Crippen LogP contribution is 2.40. The van der Waals surface area contributed by atoms with Crippen LogP contribution in [0.1, 0.15) is 61.4 Å². The molecule has 2 N–H and O–H groups in total. The first-order valence-corrected chi connectivity index (χ1v) is 14.4. The maximum atomic E-state index is 15.3. The molecule has 2 aliphatic heterocycles. The van der Waals surface area contributed by atoms with Gasteiger partial charge in [-0.25, -0.2) is 9.67 Å². The zero-order valence-corrected chi connectivity index (χ0v) is 23.2. The average molecular weight is 580 g/mol. The van der Waals surface area contributed by atoms with Gasteiger partial charge in [-0.3, -0.25) is 0 Å². The zero-order valence-electron chi connectivity index (χ0n) is 23.2. The number of nitrogens with two attached hydrogens (primary N) is 1. The number of ether oxygens (including phenoxy) is 1. The second-order valence-corrected chi connectivity index (χ2v) is 11.1. The number of rotatable bonds is 6. The SMILES string of the molecule is N[C@H]1CCCN(c2ccc(/C(=C(/CC(F)(F)F)c3ccccc3)c3ccc4c(c3)c(F)nn4C3CCCCO3)cn2)C1. The number of pyridine rings is 1. The lowest BCUT2D eigenvalue weighted by atomic mass is 9.88. The lowest BCUT2D eigenvalue weighted by molar-refractivity contribution is -0.122. The van der Waals surface area contributed by atoms with Crippen molar-refractivity contribution < 1.29 is 22.3 Å². The van der Waals surface area contributed by atoms with E-state index in [0.29, 0.717) is 47.4 Å². The summed E-state index contributed by atoms with van der Waals surface area (Å²) >= 11 is 0. The third-order valence-corrected chi connectivity index (χ3v) is 8.00. The van der Waals surface area contributed by atoms with Gasteiger partial charge >= 0.3 is 6.18 Å². The lowest BCUT2D eigenvalue weighted by Gasteiger charge is -2.31. The number of hydrogen-bond acceptors (Lipinski definition) is 5. The van der Waals surface area contributed by atoms with E-state index in [2.05, 4.69) is 15.0 Å². The van der Waals surface area contributed by atoms with E-state index >= 15 is 4.39 Å². The molecule has 6 rings (SSSR count). The van der Waals surface area contributed by atoms with Crippen LogP contribution >= 0.6 is 0 Å². The zero-order chi connectivity index (χ0) is 29.3. The van der Waals surface area contributed by atoms with Gasteiger partial charge in [0, 0.05) is 37.5 Å². The molecular weight excluding hydrogens is 546 g/mol. The normalized spacial score (nSPS) is 20.5. The van der Waals surface area contributed by atoms with E-state index in [1.165, 1.54) is 0 Å². The van der Waals surface area contributed by atoms with E-state index in [1.807, 2.05) is 6.07 Å². The van der Waals surface area contributed by atoms with Crippen LogP contribution in [0.15, 0.2) is 66.9 Å². The molecule has 10 heteroatoms. The summed E-state index contributed by atoms with van der Waals surface area (Å²) in [7, 11) is 0. The minimum Gasteiger partial charge on any atom is -0.356 e. The monoisotopic (exact) mass is 579 g/mol. The molecule has 2 fully saturated rings. The number of alkyl halides is 3. The first kappa shape index (κ1) is 28.4. The van der Waals surface area contributed by atoms with E-state index in [4.69, 9.17) is 10.5 Å². The number of piperidine rings is 1. The molecule has 1 unspecified atom stereocenters. The molecule has 0 saturated carbocycles. The van der Waals surface area contributed by atoms with Gasteiger partial charge in [-0.05, 0) is 78.6 Å². The van der Waals surface area contributed by atoms with Crippen LogP contribution in [0.3, 0.4) is 0 Å². The molecule has 4 aromatic rings. The predicted molar refractivity (Wildman–Crippen MR) is 155 cm³/mol. The first-order valence-electron chi connectivity index (χ1n) is 14.4. The number of nitrogens with zero attached hydrogens (tertiary/aromatic N) is 4. The summed E-state index contributed by atoms with van der Waals surface area (Å²) in [6.07, 6.45) is 0.0785. The van der Waals surface area contributed by atoms with Crippen molar-refractivity contribution >= 4 is 27.9 Å². The fourth-order valence-electron chi connectivity index (χ4n) is 6.02. The van der Waals surface area contributed by atoms with E-state index in [-0.39, 0.29) is 23.2 Å². The molecule has 2 aromatic heterocycles. The third-order valence-electron chi connectivity index (χ3n) is 8.00. The highest BCUT2D eigenvalue weighted by atomic mass is 19.4. The molecule has 6 nitrogen and oxygen atoms in total. The van der Waals surface area contributed by atoms with Gasteiger partial charge in [-0.2, -0.15) is 17.6 Å². The molecule has 42 heavy (non-hydrogen) atoms. The van der Waals surface area contributed by atoms with Gasteiger partial charge in [0.25, 0.3) is 0 Å². The number of aromatic nitrogens is 3. The van der Waals surface area contributed by atoms with Gasteiger partial charge in [-0.1, -0.05) is 36.4 Å². The Labute approximate surface area is 241 Å². The summed E-state index contributed by atoms with van der Waals surface area (Å²) in [4.78, 5) is 6.74. The van der Waals surface area contributed by atoms with Crippen molar-refractivity contribution in [1.29, 1.82) is 0 Å². The molecule has 2 aliphatic rings. The van der Waals surface area contributed by atoms with E-state index in [0.717, 1.165) is 38.0 Å². The number of halogens is 4. The summed E-state index contributed by atoms with van der Waals surface area (Å²) < 4.78 is 65.0. The van der Waals surface area contributed by atoms with Crippen molar-refractivity contribution in [3.05, 3.63) is 89.5 Å². The van der Waals surface area contributed by atoms with Gasteiger partial charge in [0.1, 0.15) is 5.82 Å². The van der Waals surface area contributed by atoms with Gasteiger partial charge < -0.3 is 15.4 Å². The topological polar surface area (TPSA) is 69.2 Å². The molecule has 0 aliphatic carbocycles. The molecule has 0 spiro atoms. The molecule has 220 valence electrons. The second kappa shape index (κ2) is 11.9. The van der Waals surface area contributed by atoms with Crippen molar-refractivity contribution in [2.75, 3.05) is 24.6 Å². The molecular formula is C32H33F4N5O. The van der Waals surface area contributed by atoms with Crippen LogP contribution in [0.5, 0.6) is 0 Å². The molecule has 0 bridgehead atoms. The van der Waals surface area contributed by atoms with Crippen molar-refractivity contribution in [2.45, 2.75) is 57.0 Å². The number of anilines is 1. The Balaban J connectivity index is 1.50. The van der Waals surface area contributed by atoms with Crippen LogP contribution in [-0.2, 0) is 4.74 Å². The lowest BCUT2D eigenvalue weighted by Crippen LogP contribution is -2.43. The van der Waals surface area contributed by atoms with Crippen molar-refractivity contribution in [3.8, 4) is 0 Å². The summed E-state index contributed by atoms with van der Waals surface area (Å²) in [5.74, 6) is 0.0351. The minimum absolute atomic E-state index is 0.0497. The fourth-order valence-corrected chi connectivity index (χ4v) is 6.02. The van der Waals surface area contributed by atoms with E-state index in [9.17, 15) is 13.2 Å². The Kier molecular flexibility index (Phi) is 8.00. The maximum absolute atomic E-state index is 15.3. The highest BCUT2D eigenvalue weighted by molar-refractivity contribution is 6.00. The summed E-state index contributed by atoms with van der Waals surface area (Å²) in [6.45, 7) is 2.06. The van der Waals surface area contributed by atoms with Gasteiger partial charge in [0.2, 0.25) is 5.95 Å². The smallest absolute Gasteiger partial charge is 0.356 e. The number of fused-ring (bicyclic) bond motifs is 1. The van der Waals surface area contributed by atoms with Gasteiger partial charge in [0.05, 0.1) is 17.3 Å². The molecule has 2 saturated heterocycles. The largest absolute Gasteiger partial charge is 0.393 e. The summed E-state index contributed by atoms with van der Waals surface area (Å²) in [5, 5.41) is 4.35. The number of benzene rings is 2. The molecule has 2 aromatic carbocycles. The third kappa shape index (κ3) is 6.05. The van der Waals surface area contributed by atoms with Crippen LogP contribution < -0.4 is 10.6 Å². The van der Waals surface area contributed by atoms with Gasteiger partial charge in [0.15, 0.2) is 6.23 Å². The maximum Gasteiger partial charge on any atom is 0.393 e. The number of hydrogen-bond donors (Lipinski definition) is 1. The minimum atomic E-state index is -4.48. The summed E-state index contributed by atoms with van der Waals surface area (Å²) in [5.41, 5.74) is 8.51. The Morgan fingerprint density at radius 1 is 0.952 bits per heavy atom. The van der Waals surface area contributed by atoms with Crippen molar-refractivity contribution in [2.24, 2.45) is 5.73 Å². The van der Waals surface area contributed by atoms with Crippen molar-refractivity contribution in [1.82, 2.24) is 14.8 Å². The molecule has 4 heterocycles. The molecule has 0 amide bonds. The average Bonchev–Trinajstić information content (AvgIpc) is 3.33. The first-order chi connectivity index (χ1) is 20.3. The van der Waals surface area contributed by atoms with Crippen LogP contribution in [-0.4, -0.2) is 46.7 Å². The molecule has 0 radical (unpaired) electrons. The molecule has 2 atom stereocenters. The number of allylic oxidation sites excluding steroid dienone is 1. The van der Waals surface area contributed by atoms with Gasteiger partial charge in [-0.15, -0.1) is 5.10 Å². The highest BCUT2D eigenvalue weighted by Gasteiger charge is 2.32. The van der Waals surface area contributed by atoms with E-state index < -0.39 is 18.5 Å². The Bertz CT molecular complexity index is 1560. The van der Waals surface area contributed by atoms with Crippen LogP contribution in [0.4, 0.5) is 23.4 Å².